The molecule has 1 aliphatic carbocycles. The first-order valence-electron chi connectivity index (χ1n) is 13.6. The van der Waals surface area contributed by atoms with E-state index in [9.17, 15) is 22.8 Å². The van der Waals surface area contributed by atoms with Crippen LogP contribution in [0.25, 0.3) is 5.82 Å². The third-order valence-electron chi connectivity index (χ3n) is 7.37. The maximum Gasteiger partial charge on any atom is 0.416 e. The van der Waals surface area contributed by atoms with Crippen molar-refractivity contribution in [2.24, 2.45) is 5.41 Å². The highest BCUT2D eigenvalue weighted by Gasteiger charge is 2.37. The lowest BCUT2D eigenvalue weighted by Gasteiger charge is -2.29. The van der Waals surface area contributed by atoms with E-state index in [1.807, 2.05) is 26.0 Å². The number of halogens is 3. The summed E-state index contributed by atoms with van der Waals surface area (Å²) in [5.41, 5.74) is 2.36. The predicted octanol–water partition coefficient (Wildman–Crippen LogP) is 5.98. The molecular weight excluding hydrogens is 561 g/mol. The van der Waals surface area contributed by atoms with Crippen LogP contribution >= 0.6 is 0 Å². The van der Waals surface area contributed by atoms with Gasteiger partial charge in [-0.05, 0) is 59.4 Å². The van der Waals surface area contributed by atoms with E-state index in [-0.39, 0.29) is 23.3 Å². The van der Waals surface area contributed by atoms with Gasteiger partial charge in [0.1, 0.15) is 0 Å². The fourth-order valence-corrected chi connectivity index (χ4v) is 5.31. The number of carbonyl (C=O) groups excluding carboxylic acids is 2. The number of ether oxygens (including phenoxy) is 2. The number of carbonyl (C=O) groups is 2. The highest BCUT2D eigenvalue weighted by Crippen LogP contribution is 2.38. The molecule has 1 N–H and O–H groups in total. The summed E-state index contributed by atoms with van der Waals surface area (Å²) in [5, 5.41) is 7.45. The Labute approximate surface area is 246 Å². The second-order valence-electron chi connectivity index (χ2n) is 11.3. The number of fused-ring (bicyclic) bond motifs is 1. The zero-order valence-corrected chi connectivity index (χ0v) is 24.2. The third-order valence-corrected chi connectivity index (χ3v) is 7.37. The number of aromatic nitrogens is 3. The number of benzene rings is 2. The molecule has 1 amide bonds. The molecule has 4 aromatic rings. The van der Waals surface area contributed by atoms with Crippen molar-refractivity contribution in [3.8, 4) is 17.3 Å². The quantitative estimate of drug-likeness (QED) is 0.271. The van der Waals surface area contributed by atoms with E-state index in [1.54, 1.807) is 37.1 Å². The average Bonchev–Trinajstić information content (AvgIpc) is 3.32. The van der Waals surface area contributed by atoms with Crippen molar-refractivity contribution < 1.29 is 32.2 Å². The van der Waals surface area contributed by atoms with Crippen molar-refractivity contribution in [1.29, 1.82) is 0 Å². The van der Waals surface area contributed by atoms with Gasteiger partial charge < -0.3 is 14.8 Å². The minimum Gasteiger partial charge on any atom is -0.493 e. The molecule has 43 heavy (non-hydrogen) atoms. The summed E-state index contributed by atoms with van der Waals surface area (Å²) in [5.74, 6) is 1.14. The molecule has 5 rings (SSSR count). The van der Waals surface area contributed by atoms with Crippen molar-refractivity contribution in [2.45, 2.75) is 45.8 Å². The first-order chi connectivity index (χ1) is 20.4. The topological polar surface area (TPSA) is 95.3 Å². The van der Waals surface area contributed by atoms with E-state index in [4.69, 9.17) is 14.6 Å². The monoisotopic (exact) mass is 592 g/mol. The molecule has 2 aromatic heterocycles. The molecule has 0 spiro atoms. The van der Waals surface area contributed by atoms with Gasteiger partial charge >= 0.3 is 6.18 Å². The smallest absolute Gasteiger partial charge is 0.416 e. The Balaban J connectivity index is 1.40. The SMILES string of the molecule is COc1ccc(Cc2nn(-c3ccc(C(=O)NCc4cccc(C(F)(F)F)c4)cn3)c3c2C(=O)CC(C)(C)C3)cc1OC. The fourth-order valence-electron chi connectivity index (χ4n) is 5.31. The molecule has 1 aliphatic rings. The lowest BCUT2D eigenvalue weighted by molar-refractivity contribution is -0.137. The summed E-state index contributed by atoms with van der Waals surface area (Å²) in [7, 11) is 3.12. The summed E-state index contributed by atoms with van der Waals surface area (Å²) < 4.78 is 51.5. The van der Waals surface area contributed by atoms with Gasteiger partial charge in [0.25, 0.3) is 5.91 Å². The van der Waals surface area contributed by atoms with Crippen molar-refractivity contribution in [1.82, 2.24) is 20.1 Å². The summed E-state index contributed by atoms with van der Waals surface area (Å²) in [6.45, 7) is 3.99. The summed E-state index contributed by atoms with van der Waals surface area (Å²) >= 11 is 0. The number of pyridine rings is 1. The van der Waals surface area contributed by atoms with Crippen LogP contribution in [0.4, 0.5) is 13.2 Å². The van der Waals surface area contributed by atoms with Crippen LogP contribution < -0.4 is 14.8 Å². The standard InChI is InChI=1S/C32H31F3N4O4/c1-31(2)15-24-29(25(40)16-31)23(13-19-8-10-26(42-3)27(14-19)43-4)38-39(24)28-11-9-21(18-36-28)30(41)37-17-20-6-5-7-22(12-20)32(33,34)35/h5-12,14,18H,13,15-17H2,1-4H3,(H,37,41). The molecule has 2 aromatic carbocycles. The minimum atomic E-state index is -4.47. The van der Waals surface area contributed by atoms with Gasteiger partial charge in [0.2, 0.25) is 0 Å². The lowest BCUT2D eigenvalue weighted by atomic mass is 9.75. The number of methoxy groups -OCH3 is 2. The molecule has 0 radical (unpaired) electrons. The summed E-state index contributed by atoms with van der Waals surface area (Å²) in [6.07, 6.45) is -1.70. The zero-order valence-electron chi connectivity index (χ0n) is 24.2. The summed E-state index contributed by atoms with van der Waals surface area (Å²) in [4.78, 5) is 30.6. The van der Waals surface area contributed by atoms with Gasteiger partial charge in [0.05, 0.1) is 42.3 Å². The molecule has 224 valence electrons. The number of alkyl halides is 3. The Morgan fingerprint density at radius 1 is 1.00 bits per heavy atom. The predicted molar refractivity (Wildman–Crippen MR) is 153 cm³/mol. The van der Waals surface area contributed by atoms with Crippen molar-refractivity contribution in [3.05, 3.63) is 100.0 Å². The first kappa shape index (κ1) is 29.8. The number of amides is 1. The molecule has 0 saturated carbocycles. The number of ketones is 1. The Hall–Kier alpha value is -4.67. The Morgan fingerprint density at radius 3 is 2.44 bits per heavy atom. The van der Waals surface area contributed by atoms with Crippen LogP contribution in [0.1, 0.15) is 69.1 Å². The van der Waals surface area contributed by atoms with Gasteiger partial charge in [-0.2, -0.15) is 18.3 Å². The fraction of sp³-hybridized carbons (Fsp3) is 0.312. The van der Waals surface area contributed by atoms with Gasteiger partial charge in [-0.3, -0.25) is 9.59 Å². The average molecular weight is 593 g/mol. The van der Waals surface area contributed by atoms with Gasteiger partial charge in [-0.15, -0.1) is 0 Å². The normalized spacial score (nSPS) is 14.3. The number of rotatable bonds is 8. The maximum absolute atomic E-state index is 13.4. The number of nitrogens with zero attached hydrogens (tertiary/aromatic N) is 3. The highest BCUT2D eigenvalue weighted by atomic mass is 19.4. The number of hydrogen-bond donors (Lipinski definition) is 1. The Kier molecular flexibility index (Phi) is 8.00. The molecule has 11 heteroatoms. The van der Waals surface area contributed by atoms with Crippen molar-refractivity contribution in [2.75, 3.05) is 14.2 Å². The van der Waals surface area contributed by atoms with E-state index in [2.05, 4.69) is 10.3 Å². The van der Waals surface area contributed by atoms with E-state index >= 15 is 0 Å². The molecule has 0 fully saturated rings. The van der Waals surface area contributed by atoms with Crippen LogP contribution in [0.15, 0.2) is 60.8 Å². The van der Waals surface area contributed by atoms with Crippen LogP contribution in [-0.4, -0.2) is 40.7 Å². The van der Waals surface area contributed by atoms with Crippen molar-refractivity contribution in [3.63, 3.8) is 0 Å². The maximum atomic E-state index is 13.4. The van der Waals surface area contributed by atoms with E-state index in [0.717, 1.165) is 23.4 Å². The molecule has 8 nitrogen and oxygen atoms in total. The van der Waals surface area contributed by atoms with Gasteiger partial charge in [-0.1, -0.05) is 32.0 Å². The van der Waals surface area contributed by atoms with E-state index < -0.39 is 17.6 Å². The largest absolute Gasteiger partial charge is 0.493 e. The van der Waals surface area contributed by atoms with Crippen LogP contribution in [0.3, 0.4) is 0 Å². The number of hydrogen-bond acceptors (Lipinski definition) is 6. The second kappa shape index (κ2) is 11.5. The van der Waals surface area contributed by atoms with Crippen LogP contribution in [0.5, 0.6) is 11.5 Å². The molecular formula is C32H31F3N4O4. The summed E-state index contributed by atoms with van der Waals surface area (Å²) in [6, 6.07) is 13.6. The molecule has 2 heterocycles. The van der Waals surface area contributed by atoms with Gasteiger partial charge in [0.15, 0.2) is 23.1 Å². The third kappa shape index (κ3) is 6.40. The minimum absolute atomic E-state index is 0.0126. The van der Waals surface area contributed by atoms with Crippen LogP contribution in [0.2, 0.25) is 0 Å². The molecule has 0 bridgehead atoms. The Bertz CT molecular complexity index is 1680. The van der Waals surface area contributed by atoms with Crippen LogP contribution in [0, 0.1) is 5.41 Å². The number of nitrogens with one attached hydrogen (secondary N) is 1. The van der Waals surface area contributed by atoms with Gasteiger partial charge in [0, 0.05) is 25.6 Å². The zero-order chi connectivity index (χ0) is 30.9. The van der Waals surface area contributed by atoms with Crippen LogP contribution in [-0.2, 0) is 25.6 Å². The van der Waals surface area contributed by atoms with Crippen molar-refractivity contribution >= 4 is 11.7 Å². The molecule has 0 aliphatic heterocycles. The van der Waals surface area contributed by atoms with E-state index in [0.29, 0.717) is 53.4 Å². The molecule has 0 saturated heterocycles. The first-order valence-corrected chi connectivity index (χ1v) is 13.6. The highest BCUT2D eigenvalue weighted by molar-refractivity contribution is 6.00. The van der Waals surface area contributed by atoms with Gasteiger partial charge in [-0.25, -0.2) is 9.67 Å². The lowest BCUT2D eigenvalue weighted by Crippen LogP contribution is -2.28. The second-order valence-corrected chi connectivity index (χ2v) is 11.3. The molecule has 0 atom stereocenters. The Morgan fingerprint density at radius 2 is 1.77 bits per heavy atom. The molecule has 0 unspecified atom stereocenters. The number of Topliss-reactive ketones (excluding diaryl/α,β-unsaturated/α-hetero) is 1. The van der Waals surface area contributed by atoms with E-state index in [1.165, 1.54) is 18.3 Å².